The van der Waals surface area contributed by atoms with Crippen LogP contribution in [0, 0.1) is 17.1 Å². The van der Waals surface area contributed by atoms with Crippen molar-refractivity contribution < 1.29 is 22.4 Å². The van der Waals surface area contributed by atoms with E-state index in [1.807, 2.05) is 6.07 Å². The van der Waals surface area contributed by atoms with Gasteiger partial charge in [0.25, 0.3) is 5.56 Å². The van der Waals surface area contributed by atoms with Crippen molar-refractivity contribution in [3.63, 3.8) is 0 Å². The van der Waals surface area contributed by atoms with Gasteiger partial charge in [-0.3, -0.25) is 9.36 Å². The number of hydrogen-bond acceptors (Lipinski definition) is 4. The molecule has 0 radical (unpaired) electrons. The molecule has 0 aliphatic carbocycles. The summed E-state index contributed by atoms with van der Waals surface area (Å²) in [6.07, 6.45) is -4.93. The summed E-state index contributed by atoms with van der Waals surface area (Å²) in [5.41, 5.74) is -5.27. The molecule has 0 fully saturated rings. The average molecular weight is 448 g/mol. The SMILES string of the molecule is CN(CCC#N)C(=O)Nc1cc(-n2c(=O)cc(C(F)(F)F)n(C)c2=O)c(F)cc1Cl. The molecule has 2 amide bonds. The molecule has 0 saturated carbocycles. The van der Waals surface area contributed by atoms with Crippen molar-refractivity contribution in [2.75, 3.05) is 18.9 Å². The Labute approximate surface area is 171 Å². The lowest BCUT2D eigenvalue weighted by molar-refractivity contribution is -0.144. The summed E-state index contributed by atoms with van der Waals surface area (Å²) in [6, 6.07) is 2.83. The van der Waals surface area contributed by atoms with Crippen molar-refractivity contribution in [2.45, 2.75) is 12.6 Å². The number of amides is 2. The summed E-state index contributed by atoms with van der Waals surface area (Å²) in [5, 5.41) is 10.6. The van der Waals surface area contributed by atoms with Crippen LogP contribution in [-0.4, -0.2) is 33.7 Å². The minimum absolute atomic E-state index is 0.0449. The minimum Gasteiger partial charge on any atom is -0.327 e. The number of nitrogens with zero attached hydrogens (tertiary/aromatic N) is 4. The quantitative estimate of drug-likeness (QED) is 0.728. The second-order valence-corrected chi connectivity index (χ2v) is 6.49. The molecule has 1 aromatic carbocycles. The highest BCUT2D eigenvalue weighted by molar-refractivity contribution is 6.33. The van der Waals surface area contributed by atoms with Crippen LogP contribution in [-0.2, 0) is 13.2 Å². The first-order chi connectivity index (χ1) is 13.9. The van der Waals surface area contributed by atoms with E-state index in [0.717, 1.165) is 18.0 Å². The highest BCUT2D eigenvalue weighted by Gasteiger charge is 2.35. The Bertz CT molecular complexity index is 1150. The Kier molecular flexibility index (Phi) is 6.57. The fourth-order valence-corrected chi connectivity index (χ4v) is 2.65. The normalized spacial score (nSPS) is 11.1. The highest BCUT2D eigenvalue weighted by Crippen LogP contribution is 2.29. The van der Waals surface area contributed by atoms with Crippen molar-refractivity contribution in [1.82, 2.24) is 14.0 Å². The molecule has 2 aromatic rings. The monoisotopic (exact) mass is 447 g/mol. The molecule has 30 heavy (non-hydrogen) atoms. The molecule has 0 unspecified atom stereocenters. The molecule has 1 heterocycles. The average Bonchev–Trinajstić information content (AvgIpc) is 2.65. The van der Waals surface area contributed by atoms with Gasteiger partial charge in [0.15, 0.2) is 0 Å². The van der Waals surface area contributed by atoms with E-state index in [2.05, 4.69) is 5.32 Å². The van der Waals surface area contributed by atoms with Gasteiger partial charge >= 0.3 is 17.9 Å². The molecule has 0 spiro atoms. The van der Waals surface area contributed by atoms with E-state index in [1.165, 1.54) is 7.05 Å². The summed E-state index contributed by atoms with van der Waals surface area (Å²) >= 11 is 5.89. The first-order valence-electron chi connectivity index (χ1n) is 8.17. The number of benzene rings is 1. The predicted octanol–water partition coefficient (Wildman–Crippen LogP) is 2.72. The zero-order chi connectivity index (χ0) is 22.8. The molecule has 160 valence electrons. The number of anilines is 1. The lowest BCUT2D eigenvalue weighted by atomic mass is 10.2. The number of halogens is 5. The Morgan fingerprint density at radius 1 is 1.30 bits per heavy atom. The van der Waals surface area contributed by atoms with Crippen LogP contribution < -0.4 is 16.6 Å². The largest absolute Gasteiger partial charge is 0.431 e. The molecule has 1 aromatic heterocycles. The first-order valence-corrected chi connectivity index (χ1v) is 8.55. The van der Waals surface area contributed by atoms with Crippen molar-refractivity contribution in [2.24, 2.45) is 7.05 Å². The molecule has 8 nitrogen and oxygen atoms in total. The highest BCUT2D eigenvalue weighted by atomic mass is 35.5. The van der Waals surface area contributed by atoms with E-state index in [-0.39, 0.29) is 38.9 Å². The van der Waals surface area contributed by atoms with Gasteiger partial charge in [-0.05, 0) is 12.1 Å². The molecule has 0 aliphatic heterocycles. The van der Waals surface area contributed by atoms with E-state index in [4.69, 9.17) is 16.9 Å². The molecule has 0 atom stereocenters. The van der Waals surface area contributed by atoms with Gasteiger partial charge in [-0.25, -0.2) is 18.5 Å². The smallest absolute Gasteiger partial charge is 0.327 e. The van der Waals surface area contributed by atoms with Crippen LogP contribution in [0.4, 0.5) is 28.0 Å². The Hall–Kier alpha value is -3.33. The topological polar surface area (TPSA) is 100 Å². The van der Waals surface area contributed by atoms with E-state index >= 15 is 0 Å². The number of alkyl halides is 3. The lowest BCUT2D eigenvalue weighted by Crippen LogP contribution is -2.41. The summed E-state index contributed by atoms with van der Waals surface area (Å²) in [6.45, 7) is 0.0763. The van der Waals surface area contributed by atoms with Crippen molar-refractivity contribution in [3.8, 4) is 11.8 Å². The third-order valence-electron chi connectivity index (χ3n) is 4.04. The van der Waals surface area contributed by atoms with E-state index < -0.39 is 40.7 Å². The summed E-state index contributed by atoms with van der Waals surface area (Å²) in [7, 11) is 2.16. The zero-order valence-corrected chi connectivity index (χ0v) is 16.3. The van der Waals surface area contributed by atoms with Crippen molar-refractivity contribution >= 4 is 23.3 Å². The van der Waals surface area contributed by atoms with Gasteiger partial charge in [-0.1, -0.05) is 11.6 Å². The fraction of sp³-hybridized carbons (Fsp3) is 0.294. The second kappa shape index (κ2) is 8.58. The lowest BCUT2D eigenvalue weighted by Gasteiger charge is -2.18. The minimum atomic E-state index is -4.97. The summed E-state index contributed by atoms with van der Waals surface area (Å²) in [5.74, 6) is -1.17. The van der Waals surface area contributed by atoms with Crippen LogP contribution in [0.1, 0.15) is 12.1 Å². The van der Waals surface area contributed by atoms with E-state index in [9.17, 15) is 31.9 Å². The fourth-order valence-electron chi connectivity index (χ4n) is 2.45. The third kappa shape index (κ3) is 4.62. The number of carbonyl (C=O) groups is 1. The van der Waals surface area contributed by atoms with Crippen molar-refractivity contribution in [3.05, 3.63) is 55.6 Å². The number of carbonyl (C=O) groups excluding carboxylic acids is 1. The van der Waals surface area contributed by atoms with Crippen LogP contribution in [0.3, 0.4) is 0 Å². The number of rotatable bonds is 4. The van der Waals surface area contributed by atoms with Gasteiger partial charge in [0.2, 0.25) is 0 Å². The van der Waals surface area contributed by atoms with E-state index in [1.54, 1.807) is 0 Å². The van der Waals surface area contributed by atoms with Gasteiger partial charge in [-0.15, -0.1) is 0 Å². The molecule has 13 heteroatoms. The number of nitrogens with one attached hydrogen (secondary N) is 1. The molecule has 1 N–H and O–H groups in total. The first kappa shape index (κ1) is 23.0. The Morgan fingerprint density at radius 2 is 1.93 bits per heavy atom. The summed E-state index contributed by atoms with van der Waals surface area (Å²) in [4.78, 5) is 37.8. The summed E-state index contributed by atoms with van der Waals surface area (Å²) < 4.78 is 53.7. The van der Waals surface area contributed by atoms with Gasteiger partial charge < -0.3 is 10.2 Å². The van der Waals surface area contributed by atoms with Gasteiger partial charge in [0.05, 0.1) is 28.9 Å². The molecule has 0 saturated heterocycles. The number of urea groups is 1. The Balaban J connectivity index is 2.58. The molecule has 2 rings (SSSR count). The van der Waals surface area contributed by atoms with Crippen LogP contribution in [0.25, 0.3) is 5.69 Å². The van der Waals surface area contributed by atoms with Gasteiger partial charge in [0.1, 0.15) is 11.5 Å². The maximum atomic E-state index is 14.4. The van der Waals surface area contributed by atoms with Crippen LogP contribution in [0.15, 0.2) is 27.8 Å². The van der Waals surface area contributed by atoms with Crippen LogP contribution >= 0.6 is 11.6 Å². The molecule has 0 aliphatic rings. The number of nitriles is 1. The number of aromatic nitrogens is 2. The Morgan fingerprint density at radius 3 is 2.50 bits per heavy atom. The maximum Gasteiger partial charge on any atom is 0.431 e. The van der Waals surface area contributed by atoms with Crippen LogP contribution in [0.2, 0.25) is 5.02 Å². The predicted molar refractivity (Wildman–Crippen MR) is 99.1 cm³/mol. The van der Waals surface area contributed by atoms with Crippen molar-refractivity contribution in [1.29, 1.82) is 5.26 Å². The number of hydrogen-bond donors (Lipinski definition) is 1. The van der Waals surface area contributed by atoms with Gasteiger partial charge in [-0.2, -0.15) is 18.4 Å². The maximum absolute atomic E-state index is 14.4. The molecular formula is C17H14ClF4N5O3. The third-order valence-corrected chi connectivity index (χ3v) is 4.35. The van der Waals surface area contributed by atoms with Crippen LogP contribution in [0.5, 0.6) is 0 Å². The standard InChI is InChI=1S/C17H14ClF4N5O3/c1-25(5-3-4-23)15(29)24-11-7-12(10(19)6-9(11)18)27-14(28)8-13(17(20,21)22)26(2)16(27)30/h6-8H,3,5H2,1-2H3,(H,24,29). The molecular weight excluding hydrogens is 434 g/mol. The second-order valence-electron chi connectivity index (χ2n) is 6.09. The van der Waals surface area contributed by atoms with E-state index in [0.29, 0.717) is 6.07 Å². The van der Waals surface area contributed by atoms with Gasteiger partial charge in [0, 0.05) is 26.7 Å². The zero-order valence-electron chi connectivity index (χ0n) is 15.5. The molecule has 0 bridgehead atoms.